The van der Waals surface area contributed by atoms with Crippen molar-refractivity contribution in [2.75, 3.05) is 31.6 Å². The molecule has 0 spiro atoms. The molecule has 28 heavy (non-hydrogen) atoms. The first kappa shape index (κ1) is 20.1. The number of rotatable bonds is 6. The molecular formula is C19H21F3N3O3+. The Balaban J connectivity index is 1.64. The second-order valence-corrected chi connectivity index (χ2v) is 6.70. The van der Waals surface area contributed by atoms with Gasteiger partial charge in [-0.05, 0) is 17.7 Å². The van der Waals surface area contributed by atoms with Crippen molar-refractivity contribution in [2.45, 2.75) is 19.3 Å². The van der Waals surface area contributed by atoms with Crippen molar-refractivity contribution < 1.29 is 27.7 Å². The summed E-state index contributed by atoms with van der Waals surface area (Å²) in [4.78, 5) is 11.8. The van der Waals surface area contributed by atoms with Crippen molar-refractivity contribution in [1.29, 1.82) is 0 Å². The molecule has 1 aliphatic rings. The van der Waals surface area contributed by atoms with E-state index in [0.29, 0.717) is 6.07 Å². The molecule has 0 unspecified atom stereocenters. The van der Waals surface area contributed by atoms with Gasteiger partial charge in [-0.25, -0.2) is 0 Å². The first-order chi connectivity index (χ1) is 13.3. The number of anilines is 1. The Bertz CT molecular complexity index is 819. The average Bonchev–Trinajstić information content (AvgIpc) is 2.67. The Morgan fingerprint density at radius 3 is 2.32 bits per heavy atom. The number of hydrogen-bond donors (Lipinski definition) is 2. The van der Waals surface area contributed by atoms with Crippen LogP contribution in [0.2, 0.25) is 0 Å². The molecule has 0 saturated carbocycles. The van der Waals surface area contributed by atoms with E-state index < -0.39 is 22.4 Å². The van der Waals surface area contributed by atoms with Gasteiger partial charge in [-0.15, -0.1) is 0 Å². The van der Waals surface area contributed by atoms with Crippen LogP contribution in [0.1, 0.15) is 16.7 Å². The van der Waals surface area contributed by atoms with Crippen molar-refractivity contribution in [2.24, 2.45) is 0 Å². The van der Waals surface area contributed by atoms with E-state index in [1.807, 2.05) is 24.3 Å². The second-order valence-electron chi connectivity index (χ2n) is 6.70. The van der Waals surface area contributed by atoms with Crippen LogP contribution in [0.5, 0.6) is 0 Å². The van der Waals surface area contributed by atoms with Gasteiger partial charge in [0.25, 0.3) is 5.69 Å². The number of halogens is 3. The molecule has 0 radical (unpaired) electrons. The standard InChI is InChI=1S/C19H20F3N3O3/c20-19(21,22)16-5-6-17(18(11-16)25(26)27)23-12-14-1-3-15(4-2-14)13-24-7-9-28-10-8-24/h1-6,11,23H,7-10,12-13H2/p+1. The fourth-order valence-corrected chi connectivity index (χ4v) is 3.11. The maximum Gasteiger partial charge on any atom is 0.416 e. The number of quaternary nitrogens is 1. The second kappa shape index (κ2) is 8.57. The van der Waals surface area contributed by atoms with E-state index in [-0.39, 0.29) is 12.2 Å². The van der Waals surface area contributed by atoms with Crippen LogP contribution in [0, 0.1) is 10.1 Å². The van der Waals surface area contributed by atoms with Crippen molar-refractivity contribution in [3.8, 4) is 0 Å². The number of nitrogens with one attached hydrogen (secondary N) is 2. The minimum Gasteiger partial charge on any atom is -0.375 e. The number of nitro benzene ring substituents is 1. The molecule has 2 aromatic rings. The predicted molar refractivity (Wildman–Crippen MR) is 97.1 cm³/mol. The lowest BCUT2D eigenvalue weighted by Gasteiger charge is -2.23. The number of morpholine rings is 1. The summed E-state index contributed by atoms with van der Waals surface area (Å²) in [7, 11) is 0. The molecule has 0 aromatic heterocycles. The molecule has 150 valence electrons. The zero-order valence-electron chi connectivity index (χ0n) is 15.1. The van der Waals surface area contributed by atoms with Gasteiger partial charge in [0, 0.05) is 18.2 Å². The maximum absolute atomic E-state index is 12.8. The van der Waals surface area contributed by atoms with Gasteiger partial charge < -0.3 is 15.0 Å². The minimum atomic E-state index is -4.62. The Labute approximate surface area is 160 Å². The lowest BCUT2D eigenvalue weighted by atomic mass is 10.1. The quantitative estimate of drug-likeness (QED) is 0.582. The summed E-state index contributed by atoms with van der Waals surface area (Å²) in [6.07, 6.45) is -4.62. The number of benzene rings is 2. The molecule has 6 nitrogen and oxygen atoms in total. The average molecular weight is 396 g/mol. The molecule has 0 aliphatic carbocycles. The topological polar surface area (TPSA) is 68.8 Å². The summed E-state index contributed by atoms with van der Waals surface area (Å²) in [6, 6.07) is 10.3. The van der Waals surface area contributed by atoms with Gasteiger partial charge >= 0.3 is 6.18 Å². The Hall–Kier alpha value is -2.65. The minimum absolute atomic E-state index is 0.0554. The molecule has 1 saturated heterocycles. The summed E-state index contributed by atoms with van der Waals surface area (Å²) in [5.74, 6) is 0. The Morgan fingerprint density at radius 2 is 1.71 bits per heavy atom. The smallest absolute Gasteiger partial charge is 0.375 e. The summed E-state index contributed by atoms with van der Waals surface area (Å²) in [6.45, 7) is 4.66. The van der Waals surface area contributed by atoms with Crippen LogP contribution in [-0.4, -0.2) is 31.2 Å². The monoisotopic (exact) mass is 396 g/mol. The number of nitrogens with zero attached hydrogens (tertiary/aromatic N) is 1. The van der Waals surface area contributed by atoms with Gasteiger partial charge in [-0.1, -0.05) is 24.3 Å². The molecule has 3 rings (SSSR count). The van der Waals surface area contributed by atoms with Crippen molar-refractivity contribution >= 4 is 11.4 Å². The van der Waals surface area contributed by atoms with E-state index in [4.69, 9.17) is 4.74 Å². The van der Waals surface area contributed by atoms with Crippen molar-refractivity contribution in [3.63, 3.8) is 0 Å². The van der Waals surface area contributed by atoms with E-state index in [1.54, 1.807) is 0 Å². The van der Waals surface area contributed by atoms with Gasteiger partial charge in [0.05, 0.1) is 23.7 Å². The van der Waals surface area contributed by atoms with Crippen LogP contribution < -0.4 is 10.2 Å². The molecule has 9 heteroatoms. The number of hydrogen-bond acceptors (Lipinski definition) is 4. The summed E-state index contributed by atoms with van der Waals surface area (Å²) >= 11 is 0. The largest absolute Gasteiger partial charge is 0.416 e. The number of alkyl halides is 3. The van der Waals surface area contributed by atoms with Crippen molar-refractivity contribution in [3.05, 3.63) is 69.3 Å². The molecule has 2 aromatic carbocycles. The zero-order valence-corrected chi connectivity index (χ0v) is 15.1. The van der Waals surface area contributed by atoms with Crippen LogP contribution in [0.3, 0.4) is 0 Å². The summed E-state index contributed by atoms with van der Waals surface area (Å²) < 4.78 is 43.6. The fourth-order valence-electron chi connectivity index (χ4n) is 3.11. The normalized spacial score (nSPS) is 15.4. The van der Waals surface area contributed by atoms with Gasteiger partial charge in [-0.2, -0.15) is 13.2 Å². The van der Waals surface area contributed by atoms with E-state index in [2.05, 4.69) is 5.32 Å². The highest BCUT2D eigenvalue weighted by molar-refractivity contribution is 5.63. The molecule has 0 atom stereocenters. The van der Waals surface area contributed by atoms with E-state index in [1.165, 1.54) is 10.5 Å². The zero-order chi connectivity index (χ0) is 20.1. The molecule has 2 N–H and O–H groups in total. The molecule has 1 heterocycles. The SMILES string of the molecule is O=[N+]([O-])c1cc(C(F)(F)F)ccc1NCc1ccc(C[NH+]2CCOCC2)cc1. The highest BCUT2D eigenvalue weighted by atomic mass is 19.4. The van der Waals surface area contributed by atoms with E-state index in [0.717, 1.165) is 50.5 Å². The highest BCUT2D eigenvalue weighted by Crippen LogP contribution is 2.35. The first-order valence-electron chi connectivity index (χ1n) is 8.91. The summed E-state index contributed by atoms with van der Waals surface area (Å²) in [5, 5.41) is 14.0. The third-order valence-electron chi connectivity index (χ3n) is 4.68. The fraction of sp³-hybridized carbons (Fsp3) is 0.368. The van der Waals surface area contributed by atoms with Crippen LogP contribution in [0.25, 0.3) is 0 Å². The molecule has 0 bridgehead atoms. The predicted octanol–water partition coefficient (Wildman–Crippen LogP) is 2.64. The van der Waals surface area contributed by atoms with E-state index >= 15 is 0 Å². The van der Waals surface area contributed by atoms with Crippen LogP contribution in [-0.2, 0) is 24.0 Å². The van der Waals surface area contributed by atoms with Crippen LogP contribution in [0.4, 0.5) is 24.5 Å². The van der Waals surface area contributed by atoms with Gasteiger partial charge in [0.1, 0.15) is 25.3 Å². The van der Waals surface area contributed by atoms with Crippen molar-refractivity contribution in [1.82, 2.24) is 0 Å². The Morgan fingerprint density at radius 1 is 1.07 bits per heavy atom. The number of ether oxygens (including phenoxy) is 1. The molecular weight excluding hydrogens is 375 g/mol. The van der Waals surface area contributed by atoms with Crippen LogP contribution >= 0.6 is 0 Å². The highest BCUT2D eigenvalue weighted by Gasteiger charge is 2.33. The lowest BCUT2D eigenvalue weighted by Crippen LogP contribution is -3.12. The van der Waals surface area contributed by atoms with Gasteiger partial charge in [0.2, 0.25) is 0 Å². The Kier molecular flexibility index (Phi) is 6.15. The summed E-state index contributed by atoms with van der Waals surface area (Å²) in [5.41, 5.74) is 0.484. The lowest BCUT2D eigenvalue weighted by molar-refractivity contribution is -0.921. The number of nitro groups is 1. The molecule has 0 amide bonds. The third-order valence-corrected chi connectivity index (χ3v) is 4.68. The molecule has 1 fully saturated rings. The van der Waals surface area contributed by atoms with Gasteiger partial charge in [-0.3, -0.25) is 10.1 Å². The maximum atomic E-state index is 12.8. The van der Waals surface area contributed by atoms with Crippen LogP contribution in [0.15, 0.2) is 42.5 Å². The third kappa shape index (κ3) is 5.20. The van der Waals surface area contributed by atoms with Gasteiger partial charge in [0.15, 0.2) is 0 Å². The van der Waals surface area contributed by atoms with E-state index in [9.17, 15) is 23.3 Å². The molecule has 1 aliphatic heterocycles. The first-order valence-corrected chi connectivity index (χ1v) is 8.91.